The van der Waals surface area contributed by atoms with Gasteiger partial charge in [-0.2, -0.15) is 0 Å². The molecule has 1 aromatic rings. The van der Waals surface area contributed by atoms with Crippen molar-refractivity contribution in [3.63, 3.8) is 0 Å². The number of hydrogen-bond donors (Lipinski definition) is 1. The van der Waals surface area contributed by atoms with Gasteiger partial charge in [0.2, 0.25) is 0 Å². The van der Waals surface area contributed by atoms with E-state index < -0.39 is 30.0 Å². The highest BCUT2D eigenvalue weighted by Crippen LogP contribution is 2.31. The summed E-state index contributed by atoms with van der Waals surface area (Å²) in [6.45, 7) is 11.8. The van der Waals surface area contributed by atoms with E-state index in [4.69, 9.17) is 38.9 Å². The van der Waals surface area contributed by atoms with Crippen LogP contribution in [0.25, 0.3) is 0 Å². The van der Waals surface area contributed by atoms with Crippen LogP contribution in [0.15, 0.2) is 18.2 Å². The van der Waals surface area contributed by atoms with Crippen LogP contribution in [0.2, 0.25) is 0 Å². The molecule has 0 spiro atoms. The minimum absolute atomic E-state index is 0.0935. The van der Waals surface area contributed by atoms with Gasteiger partial charge in [0.15, 0.2) is 11.5 Å². The lowest BCUT2D eigenvalue weighted by Gasteiger charge is -2.26. The molecule has 232 valence electrons. The maximum atomic E-state index is 12.6. The maximum absolute atomic E-state index is 12.6. The molecule has 41 heavy (non-hydrogen) atoms. The molecule has 12 nitrogen and oxygen atoms in total. The Morgan fingerprint density at radius 3 is 1.83 bits per heavy atom. The van der Waals surface area contributed by atoms with E-state index in [-0.39, 0.29) is 68.5 Å². The lowest BCUT2D eigenvalue weighted by atomic mass is 9.88. The van der Waals surface area contributed by atoms with Gasteiger partial charge in [-0.25, -0.2) is 14.4 Å². The first kappa shape index (κ1) is 35.5. The Kier molecular flexibility index (Phi) is 15.6. The molecule has 2 N–H and O–H groups in total. The minimum Gasteiger partial charge on any atom is -0.468 e. The van der Waals surface area contributed by atoms with Gasteiger partial charge >= 0.3 is 24.4 Å². The van der Waals surface area contributed by atoms with Crippen LogP contribution in [0, 0.1) is 17.8 Å². The number of rotatable bonds is 16. The van der Waals surface area contributed by atoms with Crippen molar-refractivity contribution in [2.45, 2.75) is 72.8 Å². The fourth-order valence-corrected chi connectivity index (χ4v) is 3.14. The number of carbonyl (C=O) groups excluding carboxylic acids is 4. The molecule has 2 unspecified atom stereocenters. The van der Waals surface area contributed by atoms with Crippen molar-refractivity contribution >= 4 is 24.4 Å². The molecular weight excluding hydrogens is 538 g/mol. The molecule has 0 fully saturated rings. The molecule has 12 heteroatoms. The number of ether oxygens (including phenoxy) is 7. The molecule has 0 aliphatic carbocycles. The number of benzene rings is 1. The predicted octanol–water partition coefficient (Wildman–Crippen LogP) is 5.42. The van der Waals surface area contributed by atoms with E-state index >= 15 is 0 Å². The van der Waals surface area contributed by atoms with Crippen molar-refractivity contribution in [1.82, 2.24) is 0 Å². The summed E-state index contributed by atoms with van der Waals surface area (Å²) in [5.74, 6) is -0.612. The van der Waals surface area contributed by atoms with Crippen LogP contribution >= 0.6 is 0 Å². The molecule has 0 heterocycles. The molecule has 0 saturated carbocycles. The van der Waals surface area contributed by atoms with Crippen LogP contribution in [0.5, 0.6) is 11.5 Å². The SMILES string of the molecule is CCC(C)COC(=O)Oc1ccc(C[C@](N)(CCOC(=O)OCC(C)C)C(=O)OC)cc1OC(=O)OCC(C)CC. The van der Waals surface area contributed by atoms with Crippen molar-refractivity contribution in [1.29, 1.82) is 0 Å². The molecular formula is C29H45NO11. The Labute approximate surface area is 242 Å². The largest absolute Gasteiger partial charge is 0.513 e. The van der Waals surface area contributed by atoms with Gasteiger partial charge in [-0.05, 0) is 35.4 Å². The van der Waals surface area contributed by atoms with Gasteiger partial charge in [0, 0.05) is 12.8 Å². The molecule has 0 aliphatic rings. The minimum atomic E-state index is -1.61. The van der Waals surface area contributed by atoms with Crippen LogP contribution in [0.1, 0.15) is 66.4 Å². The second-order valence-electron chi connectivity index (χ2n) is 10.5. The topological polar surface area (TPSA) is 159 Å². The van der Waals surface area contributed by atoms with E-state index in [9.17, 15) is 19.2 Å². The molecule has 3 atom stereocenters. The standard InChI is InChI=1S/C29H45NO11/c1-8-20(5)17-38-27(33)40-23-11-10-22(14-24(23)41-28(34)39-18-21(6)9-2)15-29(30,25(31)35-7)12-13-36-26(32)37-16-19(3)4/h10-11,14,19-21H,8-9,12-13,15-18,30H2,1-7H3/t20?,21?,29-/m1/s1. The fraction of sp³-hybridized carbons (Fsp3) is 0.655. The summed E-state index contributed by atoms with van der Waals surface area (Å²) < 4.78 is 35.9. The van der Waals surface area contributed by atoms with Crippen molar-refractivity contribution in [3.05, 3.63) is 23.8 Å². The van der Waals surface area contributed by atoms with Crippen LogP contribution < -0.4 is 15.2 Å². The monoisotopic (exact) mass is 583 g/mol. The zero-order valence-corrected chi connectivity index (χ0v) is 25.2. The third-order valence-corrected chi connectivity index (χ3v) is 6.17. The van der Waals surface area contributed by atoms with E-state index in [1.54, 1.807) is 0 Å². The van der Waals surface area contributed by atoms with Crippen molar-refractivity contribution in [2.75, 3.05) is 33.5 Å². The number of esters is 1. The Bertz CT molecular complexity index is 997. The highest BCUT2D eigenvalue weighted by atomic mass is 16.7. The first-order chi connectivity index (χ1) is 19.3. The fourth-order valence-electron chi connectivity index (χ4n) is 3.14. The average molecular weight is 584 g/mol. The van der Waals surface area contributed by atoms with E-state index in [1.807, 2.05) is 41.5 Å². The van der Waals surface area contributed by atoms with Crippen LogP contribution in [0.3, 0.4) is 0 Å². The lowest BCUT2D eigenvalue weighted by molar-refractivity contribution is -0.147. The first-order valence-corrected chi connectivity index (χ1v) is 13.8. The summed E-state index contributed by atoms with van der Waals surface area (Å²) >= 11 is 0. The number of carbonyl (C=O) groups is 4. The van der Waals surface area contributed by atoms with Gasteiger partial charge < -0.3 is 38.9 Å². The molecule has 0 saturated heterocycles. The van der Waals surface area contributed by atoms with Gasteiger partial charge in [0.25, 0.3) is 0 Å². The van der Waals surface area contributed by atoms with Gasteiger partial charge in [0.05, 0.1) is 33.5 Å². The van der Waals surface area contributed by atoms with Crippen molar-refractivity contribution in [2.24, 2.45) is 23.5 Å². The van der Waals surface area contributed by atoms with Gasteiger partial charge in [-0.15, -0.1) is 0 Å². The third-order valence-electron chi connectivity index (χ3n) is 6.17. The summed E-state index contributed by atoms with van der Waals surface area (Å²) in [7, 11) is 1.19. The van der Waals surface area contributed by atoms with E-state index in [0.29, 0.717) is 5.56 Å². The first-order valence-electron chi connectivity index (χ1n) is 13.8. The van der Waals surface area contributed by atoms with Gasteiger partial charge in [-0.3, -0.25) is 4.79 Å². The van der Waals surface area contributed by atoms with Crippen molar-refractivity contribution < 1.29 is 52.3 Å². The van der Waals surface area contributed by atoms with Crippen LogP contribution in [0.4, 0.5) is 14.4 Å². The van der Waals surface area contributed by atoms with Gasteiger partial charge in [0.1, 0.15) is 5.54 Å². The molecule has 0 amide bonds. The lowest BCUT2D eigenvalue weighted by Crippen LogP contribution is -2.51. The second kappa shape index (κ2) is 18.0. The summed E-state index contributed by atoms with van der Waals surface area (Å²) in [5, 5.41) is 0. The Morgan fingerprint density at radius 1 is 0.780 bits per heavy atom. The van der Waals surface area contributed by atoms with E-state index in [1.165, 1.54) is 25.3 Å². The molecule has 0 aromatic heterocycles. The zero-order chi connectivity index (χ0) is 31.0. The van der Waals surface area contributed by atoms with Crippen LogP contribution in [-0.2, 0) is 34.9 Å². The Morgan fingerprint density at radius 2 is 1.32 bits per heavy atom. The normalized spacial score (nSPS) is 13.8. The van der Waals surface area contributed by atoms with Crippen LogP contribution in [-0.4, -0.2) is 63.5 Å². The summed E-state index contributed by atoms with van der Waals surface area (Å²) in [6.07, 6.45) is -1.43. The summed E-state index contributed by atoms with van der Waals surface area (Å²) in [4.78, 5) is 49.1. The number of nitrogens with two attached hydrogens (primary N) is 1. The number of methoxy groups -OCH3 is 1. The smallest absolute Gasteiger partial charge is 0.468 e. The Balaban J connectivity index is 3.12. The molecule has 0 radical (unpaired) electrons. The predicted molar refractivity (Wildman–Crippen MR) is 149 cm³/mol. The molecule has 0 aliphatic heterocycles. The van der Waals surface area contributed by atoms with Gasteiger partial charge in [-0.1, -0.05) is 60.5 Å². The number of hydrogen-bond acceptors (Lipinski definition) is 12. The molecule has 0 bridgehead atoms. The summed E-state index contributed by atoms with van der Waals surface area (Å²) in [5.41, 5.74) is 5.22. The Hall–Kier alpha value is -3.54. The van der Waals surface area contributed by atoms with E-state index in [0.717, 1.165) is 12.8 Å². The van der Waals surface area contributed by atoms with E-state index in [2.05, 4.69) is 0 Å². The van der Waals surface area contributed by atoms with Crippen molar-refractivity contribution in [3.8, 4) is 11.5 Å². The maximum Gasteiger partial charge on any atom is 0.513 e. The highest BCUT2D eigenvalue weighted by molar-refractivity contribution is 5.81. The molecule has 1 rings (SSSR count). The quantitative estimate of drug-likeness (QED) is 0.150. The summed E-state index contributed by atoms with van der Waals surface area (Å²) in [6, 6.07) is 4.32. The molecule has 1 aromatic carbocycles. The average Bonchev–Trinajstić information content (AvgIpc) is 2.94. The second-order valence-corrected chi connectivity index (χ2v) is 10.5. The zero-order valence-electron chi connectivity index (χ0n) is 25.2. The highest BCUT2D eigenvalue weighted by Gasteiger charge is 2.36. The third kappa shape index (κ3) is 13.6.